The molecule has 3 fully saturated rings. The SMILES string of the molecule is C=C1C[C@H]2[C@@H]3CC=C4CC(OC(C)=O)CC[C@]4(C)[C@H]3CC[C@]2(C)[C@@]1(OCOC)C(=O)COC(C)=O. The van der Waals surface area contributed by atoms with Gasteiger partial charge in [-0.25, -0.2) is 0 Å². The van der Waals surface area contributed by atoms with Gasteiger partial charge in [0, 0.05) is 32.8 Å². The highest BCUT2D eigenvalue weighted by Crippen LogP contribution is 2.69. The average Bonchev–Trinajstić information content (AvgIpc) is 3.03. The molecule has 0 aromatic heterocycles. The van der Waals surface area contributed by atoms with E-state index in [0.29, 0.717) is 18.3 Å². The topological polar surface area (TPSA) is 88.1 Å². The van der Waals surface area contributed by atoms with Gasteiger partial charge in [0.15, 0.2) is 12.2 Å². The predicted octanol–water partition coefficient (Wildman–Crippen LogP) is 4.54. The van der Waals surface area contributed by atoms with Gasteiger partial charge >= 0.3 is 11.9 Å². The van der Waals surface area contributed by atoms with E-state index >= 15 is 0 Å². The van der Waals surface area contributed by atoms with Gasteiger partial charge in [-0.1, -0.05) is 32.1 Å². The van der Waals surface area contributed by atoms with Gasteiger partial charge in [-0.2, -0.15) is 0 Å². The molecule has 0 heterocycles. The summed E-state index contributed by atoms with van der Waals surface area (Å²) in [7, 11) is 1.54. The highest BCUT2D eigenvalue weighted by atomic mass is 16.7. The second kappa shape index (κ2) is 9.47. The van der Waals surface area contributed by atoms with E-state index in [1.807, 2.05) is 0 Å². The number of Topliss-reactive ketones (excluding diaryl/α,β-unsaturated/α-hetero) is 1. The van der Waals surface area contributed by atoms with Gasteiger partial charge in [0.05, 0.1) is 0 Å². The maximum Gasteiger partial charge on any atom is 0.303 e. The Morgan fingerprint density at radius 2 is 1.80 bits per heavy atom. The number of methoxy groups -OCH3 is 1. The smallest absolute Gasteiger partial charge is 0.303 e. The van der Waals surface area contributed by atoms with E-state index in [4.69, 9.17) is 18.9 Å². The molecule has 0 amide bonds. The Balaban J connectivity index is 1.65. The summed E-state index contributed by atoms with van der Waals surface area (Å²) in [4.78, 5) is 36.6. The lowest BCUT2D eigenvalue weighted by molar-refractivity contribution is -0.195. The first-order valence-corrected chi connectivity index (χ1v) is 12.8. The first kappa shape index (κ1) is 26.1. The molecule has 4 aliphatic rings. The number of hydrogen-bond donors (Lipinski definition) is 0. The Hall–Kier alpha value is -1.99. The van der Waals surface area contributed by atoms with Crippen molar-refractivity contribution in [1.29, 1.82) is 0 Å². The fourth-order valence-electron chi connectivity index (χ4n) is 8.19. The highest BCUT2D eigenvalue weighted by molar-refractivity contribution is 5.94. The minimum atomic E-state index is -1.23. The van der Waals surface area contributed by atoms with Gasteiger partial charge in [0.1, 0.15) is 12.9 Å². The summed E-state index contributed by atoms with van der Waals surface area (Å²) in [5.41, 5.74) is 0.564. The molecule has 0 aromatic rings. The molecule has 0 saturated heterocycles. The van der Waals surface area contributed by atoms with Crippen molar-refractivity contribution in [2.75, 3.05) is 20.5 Å². The van der Waals surface area contributed by atoms with Gasteiger partial charge in [-0.3, -0.25) is 14.4 Å². The largest absolute Gasteiger partial charge is 0.462 e. The van der Waals surface area contributed by atoms with Crippen LogP contribution >= 0.6 is 0 Å². The van der Waals surface area contributed by atoms with E-state index < -0.39 is 17.0 Å². The van der Waals surface area contributed by atoms with Gasteiger partial charge < -0.3 is 18.9 Å². The molecule has 0 radical (unpaired) electrons. The van der Waals surface area contributed by atoms with Crippen LogP contribution in [0.5, 0.6) is 0 Å². The number of carbonyl (C=O) groups excluding carboxylic acids is 3. The van der Waals surface area contributed by atoms with Crippen LogP contribution in [-0.2, 0) is 33.3 Å². The standard InChI is InChI=1S/C28H40O7/c1-17-13-24-22-8-7-20-14-21(35-19(3)30)9-11-26(20,4)23(22)10-12-27(24,5)28(17,34-16-32-6)25(31)15-33-18(2)29/h7,21-24H,1,8-16H2,2-6H3/t21?,22-,23+,24+,26+,27+,28+/m1/s1. The molecule has 4 rings (SSSR count). The van der Waals surface area contributed by atoms with Crippen molar-refractivity contribution in [2.45, 2.75) is 84.3 Å². The molecule has 3 saturated carbocycles. The molecule has 0 aromatic carbocycles. The van der Waals surface area contributed by atoms with Gasteiger partial charge in [-0.05, 0) is 67.3 Å². The van der Waals surface area contributed by atoms with E-state index in [1.165, 1.54) is 19.4 Å². The second-order valence-electron chi connectivity index (χ2n) is 11.4. The van der Waals surface area contributed by atoms with Crippen LogP contribution in [0.15, 0.2) is 23.8 Å². The number of fused-ring (bicyclic) bond motifs is 5. The van der Waals surface area contributed by atoms with Gasteiger partial charge in [0.2, 0.25) is 5.78 Å². The summed E-state index contributed by atoms with van der Waals surface area (Å²) in [6.45, 7) is 11.3. The lowest BCUT2D eigenvalue weighted by Gasteiger charge is -2.59. The van der Waals surface area contributed by atoms with Crippen molar-refractivity contribution in [3.8, 4) is 0 Å². The number of hydrogen-bond acceptors (Lipinski definition) is 7. The van der Waals surface area contributed by atoms with Crippen LogP contribution in [0.4, 0.5) is 0 Å². The Kier molecular flexibility index (Phi) is 7.06. The van der Waals surface area contributed by atoms with Crippen LogP contribution in [0, 0.1) is 28.6 Å². The molecular formula is C28H40O7. The molecule has 35 heavy (non-hydrogen) atoms. The van der Waals surface area contributed by atoms with Crippen molar-refractivity contribution >= 4 is 17.7 Å². The third-order valence-electron chi connectivity index (χ3n) is 9.74. The lowest BCUT2D eigenvalue weighted by atomic mass is 9.46. The zero-order chi connectivity index (χ0) is 25.6. The number of ether oxygens (including phenoxy) is 4. The summed E-state index contributed by atoms with van der Waals surface area (Å²) in [5, 5.41) is 0. The second-order valence-corrected chi connectivity index (χ2v) is 11.4. The maximum absolute atomic E-state index is 13.7. The van der Waals surface area contributed by atoms with Crippen LogP contribution in [0.1, 0.15) is 72.6 Å². The van der Waals surface area contributed by atoms with Crippen molar-refractivity contribution in [3.63, 3.8) is 0 Å². The van der Waals surface area contributed by atoms with Crippen molar-refractivity contribution < 1.29 is 33.3 Å². The third-order valence-corrected chi connectivity index (χ3v) is 9.74. The van der Waals surface area contributed by atoms with Crippen molar-refractivity contribution in [3.05, 3.63) is 23.8 Å². The van der Waals surface area contributed by atoms with E-state index in [1.54, 1.807) is 7.11 Å². The molecular weight excluding hydrogens is 448 g/mol. The fourth-order valence-corrected chi connectivity index (χ4v) is 8.19. The molecule has 0 bridgehead atoms. The van der Waals surface area contributed by atoms with Gasteiger partial charge in [-0.15, -0.1) is 0 Å². The van der Waals surface area contributed by atoms with Crippen LogP contribution in [-0.4, -0.2) is 49.9 Å². The maximum atomic E-state index is 13.7. The zero-order valence-electron chi connectivity index (χ0n) is 21.8. The Morgan fingerprint density at radius 3 is 2.46 bits per heavy atom. The number of rotatable bonds is 7. The molecule has 4 aliphatic carbocycles. The summed E-state index contributed by atoms with van der Waals surface area (Å²) in [6, 6.07) is 0. The first-order chi connectivity index (χ1) is 16.5. The number of esters is 2. The number of allylic oxidation sites excluding steroid dienone is 1. The molecule has 0 N–H and O–H groups in total. The zero-order valence-corrected chi connectivity index (χ0v) is 21.8. The third kappa shape index (κ3) is 4.08. The highest BCUT2D eigenvalue weighted by Gasteiger charge is 2.69. The molecule has 7 heteroatoms. The molecule has 7 nitrogen and oxygen atoms in total. The minimum absolute atomic E-state index is 0.0272. The Morgan fingerprint density at radius 1 is 1.06 bits per heavy atom. The quantitative estimate of drug-likeness (QED) is 0.295. The van der Waals surface area contributed by atoms with E-state index in [0.717, 1.165) is 44.1 Å². The minimum Gasteiger partial charge on any atom is -0.462 e. The van der Waals surface area contributed by atoms with Crippen molar-refractivity contribution in [2.24, 2.45) is 28.6 Å². The molecule has 194 valence electrons. The summed E-state index contributed by atoms with van der Waals surface area (Å²) < 4.78 is 22.2. The van der Waals surface area contributed by atoms with E-state index in [-0.39, 0.29) is 42.6 Å². The average molecular weight is 489 g/mol. The van der Waals surface area contributed by atoms with Crippen LogP contribution < -0.4 is 0 Å². The van der Waals surface area contributed by atoms with Crippen molar-refractivity contribution in [1.82, 2.24) is 0 Å². The first-order valence-electron chi connectivity index (χ1n) is 12.8. The number of ketones is 1. The molecule has 7 atom stereocenters. The fraction of sp³-hybridized carbons (Fsp3) is 0.750. The molecule has 1 unspecified atom stereocenters. The summed E-state index contributed by atoms with van der Waals surface area (Å²) in [5.74, 6) is 0.173. The Labute approximate surface area is 208 Å². The molecule has 0 spiro atoms. The van der Waals surface area contributed by atoms with Crippen LogP contribution in [0.25, 0.3) is 0 Å². The monoisotopic (exact) mass is 488 g/mol. The van der Waals surface area contributed by atoms with E-state index in [2.05, 4.69) is 26.5 Å². The number of carbonyl (C=O) groups is 3. The lowest BCUT2D eigenvalue weighted by Crippen LogP contribution is -2.60. The van der Waals surface area contributed by atoms with E-state index in [9.17, 15) is 14.4 Å². The predicted molar refractivity (Wildman–Crippen MR) is 129 cm³/mol. The van der Waals surface area contributed by atoms with Gasteiger partial charge in [0.25, 0.3) is 0 Å². The van der Waals surface area contributed by atoms with Crippen LogP contribution in [0.3, 0.4) is 0 Å². The van der Waals surface area contributed by atoms with Crippen LogP contribution in [0.2, 0.25) is 0 Å². The summed E-state index contributed by atoms with van der Waals surface area (Å²) in [6.07, 6.45) is 8.50. The normalized spacial score (nSPS) is 40.1. The summed E-state index contributed by atoms with van der Waals surface area (Å²) >= 11 is 0. The Bertz CT molecular complexity index is 938. The molecule has 0 aliphatic heterocycles.